The molecule has 0 aliphatic rings. The largest absolute Gasteiger partial charge is 0.391 e. The third-order valence-electron chi connectivity index (χ3n) is 7.54. The Morgan fingerprint density at radius 3 is 1.27 bits per heavy atom. The lowest BCUT2D eigenvalue weighted by Gasteiger charge is -2.11. The molecule has 0 fully saturated rings. The van der Waals surface area contributed by atoms with E-state index in [2.05, 4.69) is 62.5 Å². The molecule has 0 spiro atoms. The van der Waals surface area contributed by atoms with E-state index >= 15 is 0 Å². The maximum Gasteiger partial charge on any atom is 0.0773 e. The van der Waals surface area contributed by atoms with E-state index < -0.39 is 0 Å². The van der Waals surface area contributed by atoms with Crippen molar-refractivity contribution in [3.63, 3.8) is 0 Å². The van der Waals surface area contributed by atoms with Gasteiger partial charge in [0.05, 0.1) is 12.7 Å². The number of aliphatic hydroxyl groups excluding tert-OH is 1. The molecule has 0 heterocycles. The zero-order valence-electron chi connectivity index (χ0n) is 27.1. The lowest BCUT2D eigenvalue weighted by molar-refractivity contribution is 0.0297. The van der Waals surface area contributed by atoms with Gasteiger partial charge in [0.1, 0.15) is 0 Å². The Kier molecular flexibility index (Phi) is 34.9. The molecule has 0 aromatic rings. The first-order valence-electron chi connectivity index (χ1n) is 17.7. The van der Waals surface area contributed by atoms with Crippen LogP contribution in [0.4, 0.5) is 0 Å². The predicted octanol–water partition coefficient (Wildman–Crippen LogP) is 12.4. The van der Waals surface area contributed by atoms with Crippen LogP contribution in [0, 0.1) is 0 Å². The van der Waals surface area contributed by atoms with E-state index in [1.807, 2.05) is 0 Å². The summed E-state index contributed by atoms with van der Waals surface area (Å²) >= 11 is 0. The molecule has 1 N–H and O–H groups in total. The molecular weight excluding hydrogens is 488 g/mol. The smallest absolute Gasteiger partial charge is 0.0773 e. The summed E-state index contributed by atoms with van der Waals surface area (Å²) in [6.45, 7) is 5.83. The molecule has 0 aliphatic carbocycles. The van der Waals surface area contributed by atoms with E-state index in [1.165, 1.54) is 128 Å². The highest BCUT2D eigenvalue weighted by Gasteiger charge is 2.04. The fraction of sp³-hybridized carbons (Fsp3) is 0.789. The fourth-order valence-electron chi connectivity index (χ4n) is 4.86. The van der Waals surface area contributed by atoms with Crippen molar-refractivity contribution in [2.45, 2.75) is 180 Å². The van der Waals surface area contributed by atoms with Gasteiger partial charge < -0.3 is 9.84 Å². The number of ether oxygens (including phenoxy) is 1. The average Bonchev–Trinajstić information content (AvgIpc) is 2.96. The zero-order chi connectivity index (χ0) is 29.0. The van der Waals surface area contributed by atoms with Crippen molar-refractivity contribution in [3.05, 3.63) is 48.6 Å². The Morgan fingerprint density at radius 2 is 0.825 bits per heavy atom. The summed E-state index contributed by atoms with van der Waals surface area (Å²) in [4.78, 5) is 0. The standard InChI is InChI=1S/C38H70O2/c1-3-5-7-9-11-13-15-17-19-21-23-25-27-29-31-33-35-38(39)37-40-36-34-32-30-28-26-24-22-20-18-16-14-12-10-8-6-4-2/h11-14,17-20,38-39H,3-10,15-16,21-37H2,1-2H3. The summed E-state index contributed by atoms with van der Waals surface area (Å²) < 4.78 is 5.72. The molecule has 0 aromatic heterocycles. The number of hydrogen-bond donors (Lipinski definition) is 1. The van der Waals surface area contributed by atoms with Crippen LogP contribution in [0.2, 0.25) is 0 Å². The Bertz CT molecular complexity index is 574. The molecule has 0 amide bonds. The molecule has 0 aliphatic heterocycles. The van der Waals surface area contributed by atoms with Gasteiger partial charge in [-0.05, 0) is 77.0 Å². The highest BCUT2D eigenvalue weighted by molar-refractivity contribution is 4.93. The molecule has 0 aromatic carbocycles. The second kappa shape index (κ2) is 35.9. The van der Waals surface area contributed by atoms with Gasteiger partial charge in [-0.1, -0.05) is 146 Å². The zero-order valence-corrected chi connectivity index (χ0v) is 27.1. The van der Waals surface area contributed by atoms with Gasteiger partial charge in [0.25, 0.3) is 0 Å². The van der Waals surface area contributed by atoms with Gasteiger partial charge in [0.15, 0.2) is 0 Å². The maximum absolute atomic E-state index is 10.2. The first kappa shape index (κ1) is 38.9. The SMILES string of the molecule is CCCCCC=CCC=CCCCCCCCCOCC(O)CCCCCCCCC=CCC=CCCCCC. The number of hydrogen-bond acceptors (Lipinski definition) is 2. The number of aliphatic hydroxyl groups is 1. The van der Waals surface area contributed by atoms with Crippen molar-refractivity contribution in [1.82, 2.24) is 0 Å². The van der Waals surface area contributed by atoms with E-state index in [0.29, 0.717) is 6.61 Å². The normalized spacial score (nSPS) is 13.2. The molecule has 1 unspecified atom stereocenters. The van der Waals surface area contributed by atoms with E-state index in [0.717, 1.165) is 38.7 Å². The first-order chi connectivity index (χ1) is 19.8. The van der Waals surface area contributed by atoms with Crippen LogP contribution in [0.15, 0.2) is 48.6 Å². The van der Waals surface area contributed by atoms with Crippen LogP contribution in [0.25, 0.3) is 0 Å². The van der Waals surface area contributed by atoms with Crippen molar-refractivity contribution in [2.24, 2.45) is 0 Å². The molecule has 234 valence electrons. The average molecular weight is 559 g/mol. The van der Waals surface area contributed by atoms with E-state index in [9.17, 15) is 5.11 Å². The number of allylic oxidation sites excluding steroid dienone is 8. The number of rotatable bonds is 32. The Morgan fingerprint density at radius 1 is 0.450 bits per heavy atom. The minimum atomic E-state index is -0.282. The molecule has 0 saturated heterocycles. The highest BCUT2D eigenvalue weighted by Crippen LogP contribution is 2.12. The van der Waals surface area contributed by atoms with Crippen LogP contribution in [0.3, 0.4) is 0 Å². The van der Waals surface area contributed by atoms with Crippen molar-refractivity contribution in [1.29, 1.82) is 0 Å². The quantitative estimate of drug-likeness (QED) is 0.0657. The second-order valence-corrected chi connectivity index (χ2v) is 11.7. The monoisotopic (exact) mass is 559 g/mol. The third kappa shape index (κ3) is 34.9. The van der Waals surface area contributed by atoms with Crippen LogP contribution in [0.1, 0.15) is 174 Å². The molecule has 40 heavy (non-hydrogen) atoms. The molecule has 0 saturated carbocycles. The summed E-state index contributed by atoms with van der Waals surface area (Å²) in [6, 6.07) is 0. The molecule has 0 bridgehead atoms. The second-order valence-electron chi connectivity index (χ2n) is 11.7. The summed E-state index contributed by atoms with van der Waals surface area (Å²) in [5.41, 5.74) is 0. The van der Waals surface area contributed by atoms with Crippen LogP contribution in [-0.4, -0.2) is 24.4 Å². The Labute approximate surface area is 251 Å². The van der Waals surface area contributed by atoms with E-state index in [4.69, 9.17) is 4.74 Å². The molecule has 0 radical (unpaired) electrons. The van der Waals surface area contributed by atoms with Crippen LogP contribution >= 0.6 is 0 Å². The van der Waals surface area contributed by atoms with Crippen LogP contribution in [-0.2, 0) is 4.74 Å². The Balaban J connectivity index is 3.27. The van der Waals surface area contributed by atoms with Crippen molar-refractivity contribution < 1.29 is 9.84 Å². The van der Waals surface area contributed by atoms with Gasteiger partial charge in [0.2, 0.25) is 0 Å². The Hall–Kier alpha value is -1.12. The molecule has 0 rings (SSSR count). The first-order valence-corrected chi connectivity index (χ1v) is 17.7. The van der Waals surface area contributed by atoms with Crippen LogP contribution in [0.5, 0.6) is 0 Å². The fourth-order valence-corrected chi connectivity index (χ4v) is 4.86. The number of unbranched alkanes of at least 4 members (excludes halogenated alkanes) is 18. The van der Waals surface area contributed by atoms with Gasteiger partial charge in [0, 0.05) is 6.61 Å². The topological polar surface area (TPSA) is 29.5 Å². The minimum absolute atomic E-state index is 0.282. The van der Waals surface area contributed by atoms with Crippen molar-refractivity contribution in [2.75, 3.05) is 13.2 Å². The van der Waals surface area contributed by atoms with E-state index in [-0.39, 0.29) is 6.10 Å². The van der Waals surface area contributed by atoms with Gasteiger partial charge in [-0.25, -0.2) is 0 Å². The lowest BCUT2D eigenvalue weighted by Crippen LogP contribution is -2.15. The minimum Gasteiger partial charge on any atom is -0.391 e. The molecule has 1 atom stereocenters. The molecule has 2 nitrogen and oxygen atoms in total. The van der Waals surface area contributed by atoms with Gasteiger partial charge in [-0.3, -0.25) is 0 Å². The maximum atomic E-state index is 10.2. The van der Waals surface area contributed by atoms with Gasteiger partial charge in [-0.2, -0.15) is 0 Å². The lowest BCUT2D eigenvalue weighted by atomic mass is 10.1. The summed E-state index contributed by atoms with van der Waals surface area (Å²) in [5.74, 6) is 0. The summed E-state index contributed by atoms with van der Waals surface area (Å²) in [6.07, 6.45) is 49.6. The van der Waals surface area contributed by atoms with Crippen molar-refractivity contribution in [3.8, 4) is 0 Å². The van der Waals surface area contributed by atoms with Gasteiger partial charge in [-0.15, -0.1) is 0 Å². The van der Waals surface area contributed by atoms with Gasteiger partial charge >= 0.3 is 0 Å². The molecular formula is C38H70O2. The summed E-state index contributed by atoms with van der Waals surface area (Å²) in [7, 11) is 0. The third-order valence-corrected chi connectivity index (χ3v) is 7.54. The van der Waals surface area contributed by atoms with Crippen LogP contribution < -0.4 is 0 Å². The van der Waals surface area contributed by atoms with E-state index in [1.54, 1.807) is 0 Å². The molecule has 2 heteroatoms. The highest BCUT2D eigenvalue weighted by atomic mass is 16.5. The summed E-state index contributed by atoms with van der Waals surface area (Å²) in [5, 5.41) is 10.2. The van der Waals surface area contributed by atoms with Crippen molar-refractivity contribution >= 4 is 0 Å². The predicted molar refractivity (Wildman–Crippen MR) is 180 cm³/mol.